The van der Waals surface area contributed by atoms with Gasteiger partial charge in [-0.2, -0.15) is 13.5 Å². The van der Waals surface area contributed by atoms with Crippen LogP contribution in [0.25, 0.3) is 11.1 Å². The second kappa shape index (κ2) is 15.8. The molecule has 1 aliphatic carbocycles. The van der Waals surface area contributed by atoms with E-state index in [0.29, 0.717) is 44.7 Å². The highest BCUT2D eigenvalue weighted by molar-refractivity contribution is 7.59. The number of halogens is 1. The van der Waals surface area contributed by atoms with E-state index in [1.54, 1.807) is 11.3 Å². The molecule has 5 rings (SSSR count). The van der Waals surface area contributed by atoms with Crippen molar-refractivity contribution < 1.29 is 9.59 Å². The Labute approximate surface area is 262 Å². The minimum Gasteiger partial charge on any atom is -0.355 e. The summed E-state index contributed by atoms with van der Waals surface area (Å²) in [6.45, 7) is 1.90. The van der Waals surface area contributed by atoms with Crippen LogP contribution in [0.1, 0.15) is 55.4 Å². The average Bonchev–Trinajstić information content (AvgIpc) is 3.50. The largest absolute Gasteiger partial charge is 0.355 e. The van der Waals surface area contributed by atoms with Crippen LogP contribution in [0, 0.1) is 11.3 Å². The van der Waals surface area contributed by atoms with Gasteiger partial charge in [-0.25, -0.2) is 0 Å². The molecule has 2 aliphatic rings. The Morgan fingerprint density at radius 2 is 1.59 bits per heavy atom. The standard InChI is InChI=1S/C33H41N3O2S.ClH.H2S/c34-30(22-29-12-7-21-39-29)31(37)36-19-17-33(18-20-36,32(38)35-24-26-8-3-1-4-9-26)23-25-13-15-28(16-14-25)27-10-5-2-6-11-27;;/h2,5-7,10-16,21,26,30H,1,3-4,8-9,17-20,22-24,34H2,(H,35,38);1H;1H2/t30-;;/m0../s1. The van der Waals surface area contributed by atoms with Crippen LogP contribution in [0.3, 0.4) is 0 Å². The molecule has 8 heteroatoms. The van der Waals surface area contributed by atoms with Crippen LogP contribution in [0.4, 0.5) is 0 Å². The summed E-state index contributed by atoms with van der Waals surface area (Å²) >= 11 is 1.63. The van der Waals surface area contributed by atoms with Gasteiger partial charge in [0, 0.05) is 30.9 Å². The van der Waals surface area contributed by atoms with E-state index in [9.17, 15) is 9.59 Å². The lowest BCUT2D eigenvalue weighted by atomic mass is 9.72. The van der Waals surface area contributed by atoms with Gasteiger partial charge in [-0.05, 0) is 66.2 Å². The van der Waals surface area contributed by atoms with Gasteiger partial charge in [-0.15, -0.1) is 23.7 Å². The molecule has 41 heavy (non-hydrogen) atoms. The van der Waals surface area contributed by atoms with Crippen LogP contribution in [-0.4, -0.2) is 42.4 Å². The quantitative estimate of drug-likeness (QED) is 0.295. The van der Waals surface area contributed by atoms with Gasteiger partial charge in [0.2, 0.25) is 11.8 Å². The fourth-order valence-electron chi connectivity index (χ4n) is 6.26. The highest BCUT2D eigenvalue weighted by Crippen LogP contribution is 2.37. The molecule has 1 atom stereocenters. The van der Waals surface area contributed by atoms with Crippen molar-refractivity contribution in [2.24, 2.45) is 17.1 Å². The fourth-order valence-corrected chi connectivity index (χ4v) is 7.02. The minimum absolute atomic E-state index is 0. The zero-order chi connectivity index (χ0) is 27.1. The van der Waals surface area contributed by atoms with Gasteiger partial charge in [-0.1, -0.05) is 79.9 Å². The summed E-state index contributed by atoms with van der Waals surface area (Å²) in [5.41, 5.74) is 9.33. The van der Waals surface area contributed by atoms with Crippen molar-refractivity contribution in [3.8, 4) is 11.1 Å². The summed E-state index contributed by atoms with van der Waals surface area (Å²) in [4.78, 5) is 30.0. The minimum atomic E-state index is -0.540. The molecule has 1 saturated carbocycles. The molecular formula is C33H44ClN3O2S2. The molecule has 2 amide bonds. The Kier molecular flexibility index (Phi) is 12.8. The Balaban J connectivity index is 0.00000231. The predicted molar refractivity (Wildman–Crippen MR) is 177 cm³/mol. The molecule has 3 N–H and O–H groups in total. The maximum atomic E-state index is 13.8. The highest BCUT2D eigenvalue weighted by atomic mass is 35.5. The average molecular weight is 614 g/mol. The zero-order valence-corrected chi connectivity index (χ0v) is 26.4. The van der Waals surface area contributed by atoms with Crippen molar-refractivity contribution in [3.63, 3.8) is 0 Å². The molecule has 2 heterocycles. The van der Waals surface area contributed by atoms with Crippen LogP contribution in [-0.2, 0) is 22.4 Å². The first-order chi connectivity index (χ1) is 19.0. The van der Waals surface area contributed by atoms with Crippen LogP contribution in [0.2, 0.25) is 0 Å². The summed E-state index contributed by atoms with van der Waals surface area (Å²) in [7, 11) is 0. The topological polar surface area (TPSA) is 75.4 Å². The number of nitrogens with zero attached hydrogens (tertiary/aromatic N) is 1. The molecule has 3 aromatic rings. The molecule has 1 aliphatic heterocycles. The molecule has 0 unspecified atom stereocenters. The maximum absolute atomic E-state index is 13.8. The number of thiophene rings is 1. The first-order valence-electron chi connectivity index (χ1n) is 14.5. The van der Waals surface area contributed by atoms with Gasteiger partial charge in [-0.3, -0.25) is 9.59 Å². The number of nitrogens with one attached hydrogen (secondary N) is 1. The molecule has 2 fully saturated rings. The molecule has 5 nitrogen and oxygen atoms in total. The van der Waals surface area contributed by atoms with Crippen LogP contribution < -0.4 is 11.1 Å². The number of amides is 2. The third-order valence-electron chi connectivity index (χ3n) is 8.71. The van der Waals surface area contributed by atoms with E-state index < -0.39 is 11.5 Å². The molecule has 0 radical (unpaired) electrons. The van der Waals surface area contributed by atoms with Crippen LogP contribution in [0.15, 0.2) is 72.1 Å². The van der Waals surface area contributed by atoms with Crippen molar-refractivity contribution in [3.05, 3.63) is 82.6 Å². The number of benzene rings is 2. The molecular weight excluding hydrogens is 570 g/mol. The summed E-state index contributed by atoms with van der Waals surface area (Å²) in [5, 5.41) is 5.37. The lowest BCUT2D eigenvalue weighted by Gasteiger charge is -2.42. The van der Waals surface area contributed by atoms with Crippen LogP contribution >= 0.6 is 37.2 Å². The summed E-state index contributed by atoms with van der Waals surface area (Å²) in [6.07, 6.45) is 8.81. The Bertz CT molecular complexity index is 1210. The summed E-state index contributed by atoms with van der Waals surface area (Å²) < 4.78 is 0. The number of nitrogens with two attached hydrogens (primary N) is 1. The first-order valence-corrected chi connectivity index (χ1v) is 15.4. The number of likely N-dealkylation sites (tertiary alicyclic amines) is 1. The van der Waals surface area contributed by atoms with Crippen molar-refractivity contribution in [2.75, 3.05) is 19.6 Å². The second-order valence-electron chi connectivity index (χ2n) is 11.4. The summed E-state index contributed by atoms with van der Waals surface area (Å²) in [6, 6.07) is 22.5. The predicted octanol–water partition coefficient (Wildman–Crippen LogP) is 6.37. The van der Waals surface area contributed by atoms with E-state index in [-0.39, 0.29) is 37.7 Å². The highest BCUT2D eigenvalue weighted by Gasteiger charge is 2.43. The van der Waals surface area contributed by atoms with E-state index in [1.807, 2.05) is 28.5 Å². The van der Waals surface area contributed by atoms with Crippen molar-refractivity contribution in [2.45, 2.75) is 63.8 Å². The lowest BCUT2D eigenvalue weighted by Crippen LogP contribution is -2.54. The van der Waals surface area contributed by atoms with Crippen LogP contribution in [0.5, 0.6) is 0 Å². The maximum Gasteiger partial charge on any atom is 0.239 e. The van der Waals surface area contributed by atoms with Crippen molar-refractivity contribution >= 4 is 49.1 Å². The molecule has 1 saturated heterocycles. The monoisotopic (exact) mass is 613 g/mol. The Hall–Kier alpha value is -2.32. The molecule has 1 aromatic heterocycles. The second-order valence-corrected chi connectivity index (χ2v) is 12.5. The molecule has 0 spiro atoms. The number of carbonyl (C=O) groups is 2. The van der Waals surface area contributed by atoms with Gasteiger partial charge < -0.3 is 16.0 Å². The van der Waals surface area contributed by atoms with Crippen molar-refractivity contribution in [1.82, 2.24) is 10.2 Å². The van der Waals surface area contributed by atoms with E-state index in [4.69, 9.17) is 5.73 Å². The van der Waals surface area contributed by atoms with Gasteiger partial charge in [0.15, 0.2) is 0 Å². The number of carbonyl (C=O) groups excluding carboxylic acids is 2. The molecule has 222 valence electrons. The van der Waals surface area contributed by atoms with E-state index in [0.717, 1.165) is 17.0 Å². The zero-order valence-electron chi connectivity index (χ0n) is 23.7. The van der Waals surface area contributed by atoms with Crippen molar-refractivity contribution in [1.29, 1.82) is 0 Å². The first kappa shape index (κ1) is 33.2. The smallest absolute Gasteiger partial charge is 0.239 e. The number of rotatable bonds is 9. The lowest BCUT2D eigenvalue weighted by molar-refractivity contribution is -0.141. The van der Waals surface area contributed by atoms with E-state index >= 15 is 0 Å². The fraction of sp³-hybridized carbons (Fsp3) is 0.455. The number of hydrogen-bond acceptors (Lipinski definition) is 4. The SMILES string of the molecule is Cl.N[C@@H](Cc1cccs1)C(=O)N1CCC(Cc2ccc(-c3ccccc3)cc2)(C(=O)NCC2CCCCC2)CC1.S. The van der Waals surface area contributed by atoms with Gasteiger partial charge in [0.05, 0.1) is 11.5 Å². The van der Waals surface area contributed by atoms with Gasteiger partial charge >= 0.3 is 0 Å². The number of piperidine rings is 1. The third-order valence-corrected chi connectivity index (χ3v) is 9.61. The number of hydrogen-bond donors (Lipinski definition) is 2. The van der Waals surface area contributed by atoms with Gasteiger partial charge in [0.1, 0.15) is 0 Å². The van der Waals surface area contributed by atoms with E-state index in [2.05, 4.69) is 53.8 Å². The molecule has 2 aromatic carbocycles. The Morgan fingerprint density at radius 3 is 2.22 bits per heavy atom. The third kappa shape index (κ3) is 8.60. The van der Waals surface area contributed by atoms with E-state index in [1.165, 1.54) is 43.2 Å². The molecule has 0 bridgehead atoms. The Morgan fingerprint density at radius 1 is 0.927 bits per heavy atom. The van der Waals surface area contributed by atoms with Gasteiger partial charge in [0.25, 0.3) is 0 Å². The normalized spacial score (nSPS) is 17.5. The summed E-state index contributed by atoms with van der Waals surface area (Å²) in [5.74, 6) is 0.726.